The normalized spacial score (nSPS) is 14.5. The molecule has 1 aliphatic rings. The molecular weight excluding hydrogens is 332 g/mol. The first kappa shape index (κ1) is 17.8. The molecule has 0 atom stereocenters. The quantitative estimate of drug-likeness (QED) is 0.856. The van der Waals surface area contributed by atoms with E-state index in [1.54, 1.807) is 6.20 Å². The highest BCUT2D eigenvalue weighted by molar-refractivity contribution is 5.93. The predicted molar refractivity (Wildman–Crippen MR) is 97.3 cm³/mol. The molecule has 7 heteroatoms. The second-order valence-electron chi connectivity index (χ2n) is 6.34. The average molecular weight is 354 g/mol. The maximum atomic E-state index is 12.2. The monoisotopic (exact) mass is 354 g/mol. The molecule has 0 radical (unpaired) electrons. The molecule has 0 unspecified atom stereocenters. The van der Waals surface area contributed by atoms with E-state index in [4.69, 9.17) is 5.11 Å². The third-order valence-electron chi connectivity index (χ3n) is 4.44. The number of amides is 1. The fourth-order valence-electron chi connectivity index (χ4n) is 2.97. The van der Waals surface area contributed by atoms with Gasteiger partial charge in [0, 0.05) is 32.0 Å². The molecule has 2 N–H and O–H groups in total. The van der Waals surface area contributed by atoms with Crippen molar-refractivity contribution in [1.29, 1.82) is 0 Å². The van der Waals surface area contributed by atoms with E-state index in [2.05, 4.69) is 20.2 Å². The summed E-state index contributed by atoms with van der Waals surface area (Å²) in [6.45, 7) is 2.40. The first-order valence-corrected chi connectivity index (χ1v) is 8.81. The number of rotatable bonds is 5. The number of nitrogens with one attached hydrogen (secondary N) is 1. The van der Waals surface area contributed by atoms with Crippen molar-refractivity contribution in [2.45, 2.75) is 32.2 Å². The van der Waals surface area contributed by atoms with Crippen LogP contribution in [0.2, 0.25) is 0 Å². The van der Waals surface area contributed by atoms with Gasteiger partial charge in [-0.2, -0.15) is 0 Å². The minimum Gasteiger partial charge on any atom is -0.478 e. The second kappa shape index (κ2) is 8.42. The second-order valence-corrected chi connectivity index (χ2v) is 6.34. The van der Waals surface area contributed by atoms with Gasteiger partial charge in [0.1, 0.15) is 11.5 Å². The van der Waals surface area contributed by atoms with E-state index in [1.807, 2.05) is 12.1 Å². The maximum absolute atomic E-state index is 12.2. The molecule has 7 nitrogen and oxygen atoms in total. The van der Waals surface area contributed by atoms with Crippen molar-refractivity contribution in [1.82, 2.24) is 15.3 Å². The highest BCUT2D eigenvalue weighted by Crippen LogP contribution is 2.18. The molecule has 26 heavy (non-hydrogen) atoms. The number of carboxylic acids is 1. The highest BCUT2D eigenvalue weighted by atomic mass is 16.4. The van der Waals surface area contributed by atoms with Crippen LogP contribution in [-0.4, -0.2) is 40.0 Å². The lowest BCUT2D eigenvalue weighted by molar-refractivity contribution is 0.0695. The van der Waals surface area contributed by atoms with Crippen molar-refractivity contribution in [2.75, 3.05) is 18.0 Å². The molecule has 1 aliphatic heterocycles. The fourth-order valence-corrected chi connectivity index (χ4v) is 2.97. The molecule has 0 aliphatic carbocycles. The van der Waals surface area contributed by atoms with E-state index in [0.29, 0.717) is 6.54 Å². The molecule has 0 spiro atoms. The Morgan fingerprint density at radius 2 is 1.85 bits per heavy atom. The average Bonchev–Trinajstić information content (AvgIpc) is 2.96. The summed E-state index contributed by atoms with van der Waals surface area (Å²) in [4.78, 5) is 33.7. The van der Waals surface area contributed by atoms with Crippen molar-refractivity contribution in [3.63, 3.8) is 0 Å². The summed E-state index contributed by atoms with van der Waals surface area (Å²) >= 11 is 0. The molecule has 3 rings (SSSR count). The standard InChI is InChI=1S/C19H22N4O3/c24-18(16-6-5-15(13-21-16)19(25)26)22-12-14-7-8-20-17(11-14)23-9-3-1-2-4-10-23/h5-8,11,13H,1-4,9-10,12H2,(H,22,24)(H,25,26). The minimum atomic E-state index is -1.07. The van der Waals surface area contributed by atoms with Crippen molar-refractivity contribution in [3.8, 4) is 0 Å². The van der Waals surface area contributed by atoms with E-state index in [-0.39, 0.29) is 17.2 Å². The minimum absolute atomic E-state index is 0.0535. The Kier molecular flexibility index (Phi) is 5.78. The summed E-state index contributed by atoms with van der Waals surface area (Å²) in [5.41, 5.74) is 1.21. The van der Waals surface area contributed by atoms with Crippen LogP contribution >= 0.6 is 0 Å². The molecule has 0 bridgehead atoms. The number of nitrogens with zero attached hydrogens (tertiary/aromatic N) is 3. The molecule has 3 heterocycles. The van der Waals surface area contributed by atoms with Gasteiger partial charge in [-0.1, -0.05) is 12.8 Å². The van der Waals surface area contributed by atoms with Gasteiger partial charge in [0.2, 0.25) is 0 Å². The third kappa shape index (κ3) is 4.56. The zero-order valence-corrected chi connectivity index (χ0v) is 14.5. The smallest absolute Gasteiger partial charge is 0.337 e. The van der Waals surface area contributed by atoms with Crippen molar-refractivity contribution >= 4 is 17.7 Å². The Morgan fingerprint density at radius 3 is 2.50 bits per heavy atom. The van der Waals surface area contributed by atoms with Crippen LogP contribution in [-0.2, 0) is 6.54 Å². The van der Waals surface area contributed by atoms with Crippen molar-refractivity contribution < 1.29 is 14.7 Å². The summed E-state index contributed by atoms with van der Waals surface area (Å²) in [5.74, 6) is -0.458. The molecular formula is C19H22N4O3. The van der Waals surface area contributed by atoms with E-state index >= 15 is 0 Å². The van der Waals surface area contributed by atoms with Gasteiger partial charge in [-0.15, -0.1) is 0 Å². The van der Waals surface area contributed by atoms with Gasteiger partial charge in [-0.05, 0) is 42.7 Å². The topological polar surface area (TPSA) is 95.4 Å². The number of carboxylic acid groups (broad SMARTS) is 1. The first-order valence-electron chi connectivity index (χ1n) is 8.81. The van der Waals surface area contributed by atoms with Crippen LogP contribution in [0.3, 0.4) is 0 Å². The number of aromatic nitrogens is 2. The number of anilines is 1. The van der Waals surface area contributed by atoms with Gasteiger partial charge < -0.3 is 15.3 Å². The zero-order valence-electron chi connectivity index (χ0n) is 14.5. The molecule has 136 valence electrons. The molecule has 2 aromatic heterocycles. The lowest BCUT2D eigenvalue weighted by Gasteiger charge is -2.21. The van der Waals surface area contributed by atoms with Crippen LogP contribution in [0.4, 0.5) is 5.82 Å². The SMILES string of the molecule is O=C(O)c1ccc(C(=O)NCc2ccnc(N3CCCCCC3)c2)nc1. The zero-order chi connectivity index (χ0) is 18.4. The van der Waals surface area contributed by atoms with Crippen LogP contribution in [0.15, 0.2) is 36.7 Å². The molecule has 1 saturated heterocycles. The van der Waals surface area contributed by atoms with E-state index in [0.717, 1.165) is 24.5 Å². The van der Waals surface area contributed by atoms with Crippen LogP contribution in [0, 0.1) is 0 Å². The molecule has 1 amide bonds. The Bertz CT molecular complexity index is 769. The van der Waals surface area contributed by atoms with E-state index in [9.17, 15) is 9.59 Å². The van der Waals surface area contributed by atoms with Crippen molar-refractivity contribution in [3.05, 3.63) is 53.5 Å². The first-order chi connectivity index (χ1) is 12.6. The summed E-state index contributed by atoms with van der Waals surface area (Å²) < 4.78 is 0. The Labute approximate surface area is 152 Å². The number of hydrogen-bond donors (Lipinski definition) is 2. The van der Waals surface area contributed by atoms with Gasteiger partial charge in [-0.3, -0.25) is 9.78 Å². The van der Waals surface area contributed by atoms with Gasteiger partial charge in [0.05, 0.1) is 5.56 Å². The molecule has 2 aromatic rings. The number of hydrogen-bond acceptors (Lipinski definition) is 5. The summed E-state index contributed by atoms with van der Waals surface area (Å²) in [6.07, 6.45) is 7.84. The van der Waals surface area contributed by atoms with Gasteiger partial charge in [0.15, 0.2) is 0 Å². The Hall–Kier alpha value is -2.96. The summed E-state index contributed by atoms with van der Waals surface area (Å²) in [5, 5.41) is 11.7. The van der Waals surface area contributed by atoms with Crippen LogP contribution < -0.4 is 10.2 Å². The summed E-state index contributed by atoms with van der Waals surface area (Å²) in [7, 11) is 0. The fraction of sp³-hybridized carbons (Fsp3) is 0.368. The maximum Gasteiger partial charge on any atom is 0.337 e. The largest absolute Gasteiger partial charge is 0.478 e. The number of carbonyl (C=O) groups is 2. The molecule has 1 fully saturated rings. The lowest BCUT2D eigenvalue weighted by atomic mass is 10.2. The van der Waals surface area contributed by atoms with Crippen LogP contribution in [0.25, 0.3) is 0 Å². The molecule has 0 aromatic carbocycles. The van der Waals surface area contributed by atoms with Gasteiger partial charge >= 0.3 is 5.97 Å². The lowest BCUT2D eigenvalue weighted by Crippen LogP contribution is -2.26. The van der Waals surface area contributed by atoms with Crippen LogP contribution in [0.5, 0.6) is 0 Å². The van der Waals surface area contributed by atoms with E-state index < -0.39 is 5.97 Å². The predicted octanol–water partition coefficient (Wildman–Crippen LogP) is 2.49. The molecule has 0 saturated carbocycles. The van der Waals surface area contributed by atoms with Gasteiger partial charge in [0.25, 0.3) is 5.91 Å². The van der Waals surface area contributed by atoms with Crippen LogP contribution in [0.1, 0.15) is 52.1 Å². The number of carbonyl (C=O) groups excluding carboxylic acids is 1. The highest BCUT2D eigenvalue weighted by Gasteiger charge is 2.12. The number of aromatic carboxylic acids is 1. The Morgan fingerprint density at radius 1 is 1.08 bits per heavy atom. The summed E-state index contributed by atoms with van der Waals surface area (Å²) in [6, 6.07) is 6.66. The third-order valence-corrected chi connectivity index (χ3v) is 4.44. The van der Waals surface area contributed by atoms with Gasteiger partial charge in [-0.25, -0.2) is 9.78 Å². The van der Waals surface area contributed by atoms with E-state index in [1.165, 1.54) is 44.0 Å². The van der Waals surface area contributed by atoms with Crippen molar-refractivity contribution in [2.24, 2.45) is 0 Å². The number of pyridine rings is 2. The Balaban J connectivity index is 1.61.